The molecule has 0 N–H and O–H groups in total. The molecule has 0 nitrogen and oxygen atoms in total. The lowest BCUT2D eigenvalue weighted by Crippen LogP contribution is -2.18. The lowest BCUT2D eigenvalue weighted by atomic mass is 10.0. The van der Waals surface area contributed by atoms with Gasteiger partial charge in [0.05, 0.1) is 0 Å². The van der Waals surface area contributed by atoms with Crippen LogP contribution in [0.15, 0.2) is 0 Å². The van der Waals surface area contributed by atoms with E-state index in [0.717, 1.165) is 0 Å². The second kappa shape index (κ2) is 3.21. The van der Waals surface area contributed by atoms with Crippen LogP contribution in [0.2, 0.25) is 0 Å². The molecule has 0 aromatic carbocycles. The maximum absolute atomic E-state index is 3.59. The molecule has 0 bridgehead atoms. The highest BCUT2D eigenvalue weighted by Gasteiger charge is 2.19. The maximum Gasteiger partial charge on any atom is 0.0273 e. The molecule has 1 saturated carbocycles. The molecule has 0 spiro atoms. The van der Waals surface area contributed by atoms with Crippen molar-refractivity contribution in [2.45, 2.75) is 28.9 Å². The molecule has 1 fully saturated rings. The quantitative estimate of drug-likeness (QED) is 0.572. The Morgan fingerprint density at radius 1 is 1.25 bits per heavy atom. The van der Waals surface area contributed by atoms with Crippen LogP contribution in [0.4, 0.5) is 0 Å². The second-order valence-electron chi connectivity index (χ2n) is 2.13. The van der Waals surface area contributed by atoms with Gasteiger partial charge < -0.3 is 0 Å². The summed E-state index contributed by atoms with van der Waals surface area (Å²) < 4.78 is 0. The van der Waals surface area contributed by atoms with Crippen LogP contribution < -0.4 is 0 Å². The van der Waals surface area contributed by atoms with Gasteiger partial charge in [-0.05, 0) is 25.7 Å². The monoisotopic (exact) mass is 239 g/mol. The minimum atomic E-state index is 0.677. The van der Waals surface area contributed by atoms with Crippen molar-refractivity contribution in [1.82, 2.24) is 0 Å². The third-order valence-corrected chi connectivity index (χ3v) is 4.25. The maximum atomic E-state index is 3.59. The van der Waals surface area contributed by atoms with E-state index < -0.39 is 0 Å². The standard InChI is InChI=1S/C6H9Br2/c7-5-3-1-2-4-6(5)8/h1,5-6H,2-4H2. The molecule has 1 aliphatic rings. The Morgan fingerprint density at radius 3 is 2.38 bits per heavy atom. The average molecular weight is 241 g/mol. The van der Waals surface area contributed by atoms with Gasteiger partial charge in [0.25, 0.3) is 0 Å². The first-order valence-corrected chi connectivity index (χ1v) is 4.73. The minimum absolute atomic E-state index is 0.677. The third-order valence-electron chi connectivity index (χ3n) is 1.43. The first-order valence-electron chi connectivity index (χ1n) is 2.90. The molecule has 1 radical (unpaired) electrons. The van der Waals surface area contributed by atoms with Crippen molar-refractivity contribution >= 4 is 31.9 Å². The summed E-state index contributed by atoms with van der Waals surface area (Å²) in [6.45, 7) is 0. The molecule has 2 atom stereocenters. The van der Waals surface area contributed by atoms with Crippen LogP contribution in [0.1, 0.15) is 19.3 Å². The van der Waals surface area contributed by atoms with Crippen LogP contribution in [-0.4, -0.2) is 9.65 Å². The van der Waals surface area contributed by atoms with Crippen LogP contribution in [0.25, 0.3) is 0 Å². The van der Waals surface area contributed by atoms with Gasteiger partial charge >= 0.3 is 0 Å². The largest absolute Gasteiger partial charge is 0.0879 e. The predicted molar refractivity (Wildman–Crippen MR) is 43.6 cm³/mol. The first kappa shape index (κ1) is 7.07. The lowest BCUT2D eigenvalue weighted by molar-refractivity contribution is 0.636. The minimum Gasteiger partial charge on any atom is -0.0879 e. The summed E-state index contributed by atoms with van der Waals surface area (Å²) in [5.74, 6) is 0. The van der Waals surface area contributed by atoms with Crippen molar-refractivity contribution in [1.29, 1.82) is 0 Å². The smallest absolute Gasteiger partial charge is 0.0273 e. The average Bonchev–Trinajstić information content (AvgIpc) is 1.77. The molecule has 1 aliphatic carbocycles. The summed E-state index contributed by atoms with van der Waals surface area (Å²) in [6, 6.07) is 0. The third kappa shape index (κ3) is 1.73. The highest BCUT2D eigenvalue weighted by Crippen LogP contribution is 2.28. The van der Waals surface area contributed by atoms with Crippen molar-refractivity contribution in [2.75, 3.05) is 0 Å². The fraction of sp³-hybridized carbons (Fsp3) is 0.833. The fourth-order valence-electron chi connectivity index (χ4n) is 0.883. The zero-order valence-electron chi connectivity index (χ0n) is 4.61. The van der Waals surface area contributed by atoms with Crippen LogP contribution in [-0.2, 0) is 0 Å². The molecule has 0 aliphatic heterocycles. The lowest BCUT2D eigenvalue weighted by Gasteiger charge is -2.21. The van der Waals surface area contributed by atoms with Crippen LogP contribution >= 0.6 is 31.9 Å². The van der Waals surface area contributed by atoms with Gasteiger partial charge in [-0.3, -0.25) is 0 Å². The van der Waals surface area contributed by atoms with Crippen molar-refractivity contribution in [3.63, 3.8) is 0 Å². The van der Waals surface area contributed by atoms with E-state index in [1.165, 1.54) is 19.3 Å². The van der Waals surface area contributed by atoms with Gasteiger partial charge in [-0.2, -0.15) is 0 Å². The molecular weight excluding hydrogens is 232 g/mol. The summed E-state index contributed by atoms with van der Waals surface area (Å²) in [7, 11) is 0. The van der Waals surface area contributed by atoms with Gasteiger partial charge in [-0.1, -0.05) is 31.9 Å². The van der Waals surface area contributed by atoms with Gasteiger partial charge in [-0.25, -0.2) is 0 Å². The van der Waals surface area contributed by atoms with E-state index in [9.17, 15) is 0 Å². The molecule has 47 valence electrons. The molecule has 2 unspecified atom stereocenters. The number of hydrogen-bond donors (Lipinski definition) is 0. The van der Waals surface area contributed by atoms with Crippen molar-refractivity contribution in [3.05, 3.63) is 6.42 Å². The number of rotatable bonds is 0. The molecule has 1 rings (SSSR count). The SMILES string of the molecule is BrC1C[CH]CCC1Br. The normalized spacial score (nSPS) is 39.8. The Bertz CT molecular complexity index is 62.9. The predicted octanol–water partition coefficient (Wildman–Crippen LogP) is 2.90. The number of halogens is 2. The fourth-order valence-corrected chi connectivity index (χ4v) is 1.89. The Kier molecular flexibility index (Phi) is 2.84. The van der Waals surface area contributed by atoms with Gasteiger partial charge in [0.1, 0.15) is 0 Å². The molecule has 8 heavy (non-hydrogen) atoms. The van der Waals surface area contributed by atoms with Crippen molar-refractivity contribution in [3.8, 4) is 0 Å². The molecule has 0 heterocycles. The summed E-state index contributed by atoms with van der Waals surface area (Å²) >= 11 is 7.16. The molecule has 0 aromatic rings. The summed E-state index contributed by atoms with van der Waals surface area (Å²) in [5.41, 5.74) is 0. The van der Waals surface area contributed by atoms with E-state index in [-0.39, 0.29) is 0 Å². The number of hydrogen-bond acceptors (Lipinski definition) is 0. The zero-order chi connectivity index (χ0) is 5.98. The van der Waals surface area contributed by atoms with Gasteiger partial charge in [-0.15, -0.1) is 0 Å². The molecule has 2 heteroatoms. The first-order chi connectivity index (χ1) is 3.80. The molecule has 0 aromatic heterocycles. The van der Waals surface area contributed by atoms with Crippen LogP contribution in [0.5, 0.6) is 0 Å². The Labute approximate surface area is 67.3 Å². The second-order valence-corrected chi connectivity index (χ2v) is 4.49. The van der Waals surface area contributed by atoms with Gasteiger partial charge in [0, 0.05) is 9.65 Å². The Morgan fingerprint density at radius 2 is 2.00 bits per heavy atom. The van der Waals surface area contributed by atoms with Gasteiger partial charge in [0.15, 0.2) is 0 Å². The van der Waals surface area contributed by atoms with E-state index in [2.05, 4.69) is 38.3 Å². The summed E-state index contributed by atoms with van der Waals surface area (Å²) in [5, 5.41) is 0. The number of alkyl halides is 2. The van der Waals surface area contributed by atoms with Crippen molar-refractivity contribution < 1.29 is 0 Å². The molecular formula is C6H9Br2. The van der Waals surface area contributed by atoms with E-state index in [1.807, 2.05) is 0 Å². The molecule has 0 saturated heterocycles. The van der Waals surface area contributed by atoms with E-state index >= 15 is 0 Å². The topological polar surface area (TPSA) is 0 Å². The Balaban J connectivity index is 2.28. The Hall–Kier alpha value is 0.960. The van der Waals surface area contributed by atoms with E-state index in [4.69, 9.17) is 0 Å². The highest BCUT2D eigenvalue weighted by atomic mass is 79.9. The van der Waals surface area contributed by atoms with Crippen LogP contribution in [0, 0.1) is 6.42 Å². The van der Waals surface area contributed by atoms with E-state index in [0.29, 0.717) is 9.65 Å². The van der Waals surface area contributed by atoms with E-state index in [1.54, 1.807) is 0 Å². The van der Waals surface area contributed by atoms with Crippen molar-refractivity contribution in [2.24, 2.45) is 0 Å². The summed E-state index contributed by atoms with van der Waals surface area (Å²) in [6.07, 6.45) is 6.13. The zero-order valence-corrected chi connectivity index (χ0v) is 7.78. The van der Waals surface area contributed by atoms with Gasteiger partial charge in [0.2, 0.25) is 0 Å². The molecule has 0 amide bonds. The summed E-state index contributed by atoms with van der Waals surface area (Å²) in [4.78, 5) is 1.38. The highest BCUT2D eigenvalue weighted by molar-refractivity contribution is 9.12. The van der Waals surface area contributed by atoms with Crippen LogP contribution in [0.3, 0.4) is 0 Å².